The number of carbonyl (C=O) groups excluding carboxylic acids is 2. The lowest BCUT2D eigenvalue weighted by Gasteiger charge is -2.12. The third-order valence-electron chi connectivity index (χ3n) is 4.84. The van der Waals surface area contributed by atoms with E-state index in [1.165, 1.54) is 4.90 Å². The summed E-state index contributed by atoms with van der Waals surface area (Å²) in [5.74, 6) is 1.26. The summed E-state index contributed by atoms with van der Waals surface area (Å²) in [7, 11) is 0. The van der Waals surface area contributed by atoms with E-state index in [9.17, 15) is 9.59 Å². The zero-order valence-electron chi connectivity index (χ0n) is 17.7. The minimum Gasteiger partial charge on any atom is -0.490 e. The second kappa shape index (κ2) is 10.2. The molecule has 1 fully saturated rings. The summed E-state index contributed by atoms with van der Waals surface area (Å²) < 4.78 is 11.3. The largest absolute Gasteiger partial charge is 0.490 e. The Labute approximate surface area is 191 Å². The van der Waals surface area contributed by atoms with E-state index in [0.717, 1.165) is 34.2 Å². The Morgan fingerprint density at radius 1 is 0.844 bits per heavy atom. The van der Waals surface area contributed by atoms with E-state index in [0.29, 0.717) is 23.9 Å². The van der Waals surface area contributed by atoms with Crippen molar-refractivity contribution < 1.29 is 19.1 Å². The van der Waals surface area contributed by atoms with Crippen LogP contribution in [0, 0.1) is 6.92 Å². The van der Waals surface area contributed by atoms with E-state index < -0.39 is 0 Å². The summed E-state index contributed by atoms with van der Waals surface area (Å²) in [6.07, 6.45) is 1.74. The Morgan fingerprint density at radius 2 is 1.53 bits per heavy atom. The number of nitrogens with zero attached hydrogens (tertiary/aromatic N) is 1. The highest BCUT2D eigenvalue weighted by molar-refractivity contribution is 8.18. The lowest BCUT2D eigenvalue weighted by molar-refractivity contribution is -0.123. The highest BCUT2D eigenvalue weighted by atomic mass is 32.2. The Morgan fingerprint density at radius 3 is 2.22 bits per heavy atom. The molecule has 0 saturated carbocycles. The van der Waals surface area contributed by atoms with E-state index in [-0.39, 0.29) is 17.7 Å². The fourth-order valence-electron chi connectivity index (χ4n) is 3.28. The molecule has 0 atom stereocenters. The van der Waals surface area contributed by atoms with Gasteiger partial charge in [-0.25, -0.2) is 0 Å². The number of amides is 2. The van der Waals surface area contributed by atoms with Crippen LogP contribution in [0.25, 0.3) is 6.08 Å². The summed E-state index contributed by atoms with van der Waals surface area (Å²) >= 11 is 0.970. The minimum absolute atomic E-state index is 0.249. The van der Waals surface area contributed by atoms with Crippen molar-refractivity contribution in [2.75, 3.05) is 13.2 Å². The number of rotatable bonds is 8. The molecule has 1 aliphatic heterocycles. The molecule has 0 aromatic heterocycles. The highest BCUT2D eigenvalue weighted by Crippen LogP contribution is 2.33. The molecule has 3 aromatic carbocycles. The third-order valence-corrected chi connectivity index (χ3v) is 5.75. The first-order valence-corrected chi connectivity index (χ1v) is 11.1. The molecule has 1 saturated heterocycles. The van der Waals surface area contributed by atoms with E-state index >= 15 is 0 Å². The Balaban J connectivity index is 1.32. The molecule has 0 radical (unpaired) electrons. The summed E-state index contributed by atoms with van der Waals surface area (Å²) in [6, 6.07) is 24.8. The number of aryl methyl sites for hydroxylation is 1. The molecule has 5 nitrogen and oxygen atoms in total. The maximum Gasteiger partial charge on any atom is 0.293 e. The number of hydrogen-bond acceptors (Lipinski definition) is 5. The smallest absolute Gasteiger partial charge is 0.293 e. The van der Waals surface area contributed by atoms with Crippen LogP contribution < -0.4 is 9.47 Å². The first kappa shape index (κ1) is 21.7. The quantitative estimate of drug-likeness (QED) is 0.329. The predicted octanol–water partition coefficient (Wildman–Crippen LogP) is 5.69. The molecule has 6 heteroatoms. The van der Waals surface area contributed by atoms with Crippen LogP contribution in [0.5, 0.6) is 11.5 Å². The van der Waals surface area contributed by atoms with Crippen LogP contribution in [0.2, 0.25) is 0 Å². The average molecular weight is 446 g/mol. The fraction of sp³-hybridized carbons (Fsp3) is 0.154. The Hall–Kier alpha value is -3.51. The number of ether oxygens (including phenoxy) is 2. The number of imide groups is 1. The molecule has 0 aliphatic carbocycles. The van der Waals surface area contributed by atoms with Gasteiger partial charge in [0.25, 0.3) is 11.1 Å². The molecule has 2 amide bonds. The van der Waals surface area contributed by atoms with Gasteiger partial charge >= 0.3 is 0 Å². The van der Waals surface area contributed by atoms with Gasteiger partial charge in [0.05, 0.1) is 11.4 Å². The van der Waals surface area contributed by atoms with Gasteiger partial charge in [0.1, 0.15) is 24.7 Å². The molecular formula is C26H23NO4S. The molecule has 0 bridgehead atoms. The lowest BCUT2D eigenvalue weighted by atomic mass is 10.1. The van der Waals surface area contributed by atoms with Crippen LogP contribution in [-0.4, -0.2) is 29.3 Å². The second-order valence-electron chi connectivity index (χ2n) is 7.34. The van der Waals surface area contributed by atoms with Crippen molar-refractivity contribution in [1.82, 2.24) is 4.90 Å². The maximum atomic E-state index is 12.7. The summed E-state index contributed by atoms with van der Waals surface area (Å²) in [5.41, 5.74) is 2.86. The van der Waals surface area contributed by atoms with Crippen LogP contribution in [0.4, 0.5) is 4.79 Å². The van der Waals surface area contributed by atoms with Crippen LogP contribution in [0.3, 0.4) is 0 Å². The highest BCUT2D eigenvalue weighted by Gasteiger charge is 2.34. The molecule has 0 unspecified atom stereocenters. The van der Waals surface area contributed by atoms with Gasteiger partial charge < -0.3 is 9.47 Å². The van der Waals surface area contributed by atoms with Crippen molar-refractivity contribution in [3.8, 4) is 11.5 Å². The molecule has 4 rings (SSSR count). The standard InChI is InChI=1S/C26H23NO4S/c1-19-6-5-7-21(16-19)18-27-25(28)24(32-26(27)29)17-20-10-12-23(13-11-20)31-15-14-30-22-8-3-2-4-9-22/h2-13,16-17H,14-15,18H2,1H3/b24-17-. The zero-order chi connectivity index (χ0) is 22.3. The zero-order valence-corrected chi connectivity index (χ0v) is 18.5. The molecule has 162 valence electrons. The van der Waals surface area contributed by atoms with Crippen LogP contribution in [0.1, 0.15) is 16.7 Å². The lowest BCUT2D eigenvalue weighted by Crippen LogP contribution is -2.27. The Bertz CT molecular complexity index is 1130. The molecule has 0 N–H and O–H groups in total. The van der Waals surface area contributed by atoms with E-state index in [1.807, 2.05) is 85.8 Å². The van der Waals surface area contributed by atoms with Crippen LogP contribution in [-0.2, 0) is 11.3 Å². The van der Waals surface area contributed by atoms with Crippen molar-refractivity contribution in [1.29, 1.82) is 0 Å². The van der Waals surface area contributed by atoms with Crippen molar-refractivity contribution in [3.05, 3.63) is 100 Å². The normalized spacial score (nSPS) is 14.8. The van der Waals surface area contributed by atoms with E-state index in [4.69, 9.17) is 9.47 Å². The van der Waals surface area contributed by atoms with E-state index in [1.54, 1.807) is 6.08 Å². The van der Waals surface area contributed by atoms with Gasteiger partial charge in [0.15, 0.2) is 0 Å². The third kappa shape index (κ3) is 5.59. The average Bonchev–Trinajstić information content (AvgIpc) is 3.06. The van der Waals surface area contributed by atoms with Crippen LogP contribution in [0.15, 0.2) is 83.8 Å². The van der Waals surface area contributed by atoms with Gasteiger partial charge in [0.2, 0.25) is 0 Å². The van der Waals surface area contributed by atoms with Gasteiger partial charge in [-0.05, 0) is 60.2 Å². The predicted molar refractivity (Wildman–Crippen MR) is 127 cm³/mol. The minimum atomic E-state index is -0.264. The van der Waals surface area contributed by atoms with Gasteiger partial charge in [-0.2, -0.15) is 0 Å². The summed E-state index contributed by atoms with van der Waals surface area (Å²) in [6.45, 7) is 3.13. The Kier molecular flexibility index (Phi) is 6.92. The van der Waals surface area contributed by atoms with Crippen molar-refractivity contribution in [2.24, 2.45) is 0 Å². The van der Waals surface area contributed by atoms with Crippen molar-refractivity contribution in [3.63, 3.8) is 0 Å². The number of thioether (sulfide) groups is 1. The van der Waals surface area contributed by atoms with Gasteiger partial charge in [0, 0.05) is 0 Å². The number of hydrogen-bond donors (Lipinski definition) is 0. The SMILES string of the molecule is Cc1cccc(CN2C(=O)S/C(=C\c3ccc(OCCOc4ccccc4)cc3)C2=O)c1. The monoisotopic (exact) mass is 445 g/mol. The van der Waals surface area contributed by atoms with Crippen molar-refractivity contribution in [2.45, 2.75) is 13.5 Å². The molecule has 1 aliphatic rings. The van der Waals surface area contributed by atoms with Gasteiger partial charge in [-0.15, -0.1) is 0 Å². The molecular weight excluding hydrogens is 422 g/mol. The topological polar surface area (TPSA) is 55.8 Å². The number of carbonyl (C=O) groups is 2. The summed E-state index contributed by atoms with van der Waals surface area (Å²) in [5, 5.41) is -0.249. The molecule has 0 spiro atoms. The van der Waals surface area contributed by atoms with Crippen LogP contribution >= 0.6 is 11.8 Å². The van der Waals surface area contributed by atoms with Gasteiger partial charge in [-0.3, -0.25) is 14.5 Å². The maximum absolute atomic E-state index is 12.7. The number of benzene rings is 3. The second-order valence-corrected chi connectivity index (χ2v) is 8.33. The first-order valence-electron chi connectivity index (χ1n) is 10.3. The molecule has 1 heterocycles. The van der Waals surface area contributed by atoms with E-state index in [2.05, 4.69) is 0 Å². The number of para-hydroxylation sites is 1. The fourth-order valence-corrected chi connectivity index (χ4v) is 4.12. The van der Waals surface area contributed by atoms with Crippen molar-refractivity contribution >= 4 is 29.0 Å². The molecule has 3 aromatic rings. The van der Waals surface area contributed by atoms with Gasteiger partial charge in [-0.1, -0.05) is 60.2 Å². The first-order chi connectivity index (χ1) is 15.6. The summed E-state index contributed by atoms with van der Waals surface area (Å²) in [4.78, 5) is 26.8. The molecule has 32 heavy (non-hydrogen) atoms.